The second-order valence-electron chi connectivity index (χ2n) is 3.46. The number of carbonyl (C=O) groups excluding carboxylic acids is 1. The van der Waals surface area contributed by atoms with E-state index in [1.807, 2.05) is 0 Å². The molecule has 0 aliphatic rings. The first kappa shape index (κ1) is 13.4. The second kappa shape index (κ2) is 6.20. The summed E-state index contributed by atoms with van der Waals surface area (Å²) in [5.41, 5.74) is 0.718. The molecule has 1 rings (SSSR count). The van der Waals surface area contributed by atoms with Crippen molar-refractivity contribution in [3.8, 4) is 11.5 Å². The molecule has 0 aliphatic heterocycles. The van der Waals surface area contributed by atoms with Crippen LogP contribution in [0.5, 0.6) is 11.5 Å². The van der Waals surface area contributed by atoms with Gasteiger partial charge in [0.05, 0.1) is 20.8 Å². The monoisotopic (exact) mass is 241 g/mol. The highest BCUT2D eigenvalue weighted by Gasteiger charge is 2.15. The number of hydrogen-bond acceptors (Lipinski definition) is 4. The Balaban J connectivity index is 3.22. The maximum atomic E-state index is 12.9. The summed E-state index contributed by atoms with van der Waals surface area (Å²) in [5.74, 6) is 0.571. The summed E-state index contributed by atoms with van der Waals surface area (Å²) in [7, 11) is 4.56. The Labute approximate surface area is 99.7 Å². The molecule has 1 N–H and O–H groups in total. The van der Waals surface area contributed by atoms with Crippen molar-refractivity contribution >= 4 is 5.78 Å². The summed E-state index contributed by atoms with van der Waals surface area (Å²) in [6.45, 7) is -0.512. The molecular formula is C12H16FNO3. The number of alkyl halides is 1. The largest absolute Gasteiger partial charge is 0.493 e. The standard InChI is InChI=1S/C12H16FNO3/c1-14-7-10(15)8-4-9(6-13)12(17-3)11(5-8)16-2/h4-5,14H,6-7H2,1-3H3. The van der Waals surface area contributed by atoms with Gasteiger partial charge < -0.3 is 14.8 Å². The van der Waals surface area contributed by atoms with E-state index in [1.165, 1.54) is 20.3 Å². The summed E-state index contributed by atoms with van der Waals surface area (Å²) in [6.07, 6.45) is 0. The minimum Gasteiger partial charge on any atom is -0.493 e. The molecule has 0 radical (unpaired) electrons. The smallest absolute Gasteiger partial charge is 0.176 e. The number of methoxy groups -OCH3 is 2. The molecule has 0 unspecified atom stereocenters. The Hall–Kier alpha value is -1.62. The first-order valence-electron chi connectivity index (χ1n) is 5.16. The maximum Gasteiger partial charge on any atom is 0.176 e. The average molecular weight is 241 g/mol. The van der Waals surface area contributed by atoms with E-state index in [2.05, 4.69) is 5.32 Å². The molecular weight excluding hydrogens is 225 g/mol. The number of hydrogen-bond donors (Lipinski definition) is 1. The number of carbonyl (C=O) groups is 1. The van der Waals surface area contributed by atoms with Gasteiger partial charge in [-0.25, -0.2) is 4.39 Å². The summed E-state index contributed by atoms with van der Waals surface area (Å²) < 4.78 is 23.0. The molecule has 0 atom stereocenters. The Morgan fingerprint density at radius 2 is 2.06 bits per heavy atom. The van der Waals surface area contributed by atoms with Crippen molar-refractivity contribution in [2.24, 2.45) is 0 Å². The van der Waals surface area contributed by atoms with Gasteiger partial charge in [-0.05, 0) is 19.2 Å². The molecule has 0 bridgehead atoms. The van der Waals surface area contributed by atoms with Crippen molar-refractivity contribution in [3.63, 3.8) is 0 Å². The minimum atomic E-state index is -0.708. The van der Waals surface area contributed by atoms with Crippen molar-refractivity contribution in [1.29, 1.82) is 0 Å². The van der Waals surface area contributed by atoms with Crippen LogP contribution in [0.4, 0.5) is 4.39 Å². The highest BCUT2D eigenvalue weighted by Crippen LogP contribution is 2.33. The SMILES string of the molecule is CNCC(=O)c1cc(CF)c(OC)c(OC)c1. The third-order valence-electron chi connectivity index (χ3n) is 2.36. The van der Waals surface area contributed by atoms with Gasteiger partial charge in [-0.1, -0.05) is 0 Å². The zero-order chi connectivity index (χ0) is 12.8. The van der Waals surface area contributed by atoms with Crippen LogP contribution in [-0.2, 0) is 6.67 Å². The number of nitrogens with one attached hydrogen (secondary N) is 1. The van der Waals surface area contributed by atoms with Gasteiger partial charge in [0.2, 0.25) is 0 Å². The molecule has 0 saturated carbocycles. The predicted octanol–water partition coefficient (Wildman–Crippen LogP) is 1.58. The minimum absolute atomic E-state index is 0.122. The number of ketones is 1. The molecule has 94 valence electrons. The molecule has 0 fully saturated rings. The van der Waals surface area contributed by atoms with Crippen LogP contribution in [0.25, 0.3) is 0 Å². The van der Waals surface area contributed by atoms with Crippen LogP contribution < -0.4 is 14.8 Å². The van der Waals surface area contributed by atoms with Gasteiger partial charge in [-0.15, -0.1) is 0 Å². The Morgan fingerprint density at radius 1 is 1.35 bits per heavy atom. The number of ether oxygens (including phenoxy) is 2. The van der Waals surface area contributed by atoms with Gasteiger partial charge in [-0.3, -0.25) is 4.79 Å². The molecule has 0 spiro atoms. The van der Waals surface area contributed by atoms with Crippen LogP contribution in [0.2, 0.25) is 0 Å². The summed E-state index contributed by atoms with van der Waals surface area (Å²) in [5, 5.41) is 2.75. The Kier molecular flexibility index (Phi) is 4.90. The molecule has 1 aromatic rings. The van der Waals surface area contributed by atoms with E-state index in [-0.39, 0.29) is 12.3 Å². The first-order chi connectivity index (χ1) is 8.17. The van der Waals surface area contributed by atoms with Gasteiger partial charge in [0.1, 0.15) is 6.67 Å². The van der Waals surface area contributed by atoms with Crippen LogP contribution >= 0.6 is 0 Å². The molecule has 0 heterocycles. The van der Waals surface area contributed by atoms with Crippen molar-refractivity contribution in [1.82, 2.24) is 5.32 Å². The van der Waals surface area contributed by atoms with Crippen molar-refractivity contribution in [2.45, 2.75) is 6.67 Å². The van der Waals surface area contributed by atoms with Crippen LogP contribution in [0.1, 0.15) is 15.9 Å². The fourth-order valence-corrected chi connectivity index (χ4v) is 1.57. The molecule has 0 saturated heterocycles. The first-order valence-corrected chi connectivity index (χ1v) is 5.16. The van der Waals surface area contributed by atoms with Crippen LogP contribution in [-0.4, -0.2) is 33.6 Å². The molecule has 0 aromatic heterocycles. The average Bonchev–Trinajstić information content (AvgIpc) is 2.37. The number of rotatable bonds is 6. The van der Waals surface area contributed by atoms with E-state index in [0.717, 1.165) is 0 Å². The maximum absolute atomic E-state index is 12.9. The van der Waals surface area contributed by atoms with Gasteiger partial charge in [0.25, 0.3) is 0 Å². The fourth-order valence-electron chi connectivity index (χ4n) is 1.57. The molecule has 5 heteroatoms. The third-order valence-corrected chi connectivity index (χ3v) is 2.36. The zero-order valence-corrected chi connectivity index (χ0v) is 10.2. The highest BCUT2D eigenvalue weighted by atomic mass is 19.1. The van der Waals surface area contributed by atoms with Gasteiger partial charge in [0.15, 0.2) is 17.3 Å². The summed E-state index contributed by atoms with van der Waals surface area (Å²) in [4.78, 5) is 11.7. The topological polar surface area (TPSA) is 47.6 Å². The molecule has 0 amide bonds. The van der Waals surface area contributed by atoms with E-state index in [0.29, 0.717) is 22.6 Å². The van der Waals surface area contributed by atoms with E-state index in [1.54, 1.807) is 13.1 Å². The number of Topliss-reactive ketones (excluding diaryl/α,β-unsaturated/α-hetero) is 1. The molecule has 0 aliphatic carbocycles. The lowest BCUT2D eigenvalue weighted by Crippen LogP contribution is -2.18. The van der Waals surface area contributed by atoms with E-state index >= 15 is 0 Å². The van der Waals surface area contributed by atoms with E-state index in [9.17, 15) is 9.18 Å². The number of likely N-dealkylation sites (N-methyl/N-ethyl adjacent to an activating group) is 1. The zero-order valence-electron chi connectivity index (χ0n) is 10.2. The van der Waals surface area contributed by atoms with Crippen molar-refractivity contribution < 1.29 is 18.7 Å². The second-order valence-corrected chi connectivity index (χ2v) is 3.46. The predicted molar refractivity (Wildman–Crippen MR) is 62.6 cm³/mol. The van der Waals surface area contributed by atoms with Crippen molar-refractivity contribution in [3.05, 3.63) is 23.3 Å². The number of benzene rings is 1. The summed E-state index contributed by atoms with van der Waals surface area (Å²) in [6, 6.07) is 3.04. The number of halogens is 1. The lowest BCUT2D eigenvalue weighted by molar-refractivity contribution is 0.0993. The van der Waals surface area contributed by atoms with E-state index < -0.39 is 6.67 Å². The summed E-state index contributed by atoms with van der Waals surface area (Å²) >= 11 is 0. The molecule has 1 aromatic carbocycles. The lowest BCUT2D eigenvalue weighted by Gasteiger charge is -2.12. The Bertz CT molecular complexity index is 382. The van der Waals surface area contributed by atoms with Crippen molar-refractivity contribution in [2.75, 3.05) is 27.8 Å². The van der Waals surface area contributed by atoms with Crippen LogP contribution in [0, 0.1) is 0 Å². The third kappa shape index (κ3) is 2.94. The normalized spacial score (nSPS) is 10.1. The van der Waals surface area contributed by atoms with Gasteiger partial charge in [-0.2, -0.15) is 0 Å². The van der Waals surface area contributed by atoms with Crippen LogP contribution in [0.15, 0.2) is 12.1 Å². The lowest BCUT2D eigenvalue weighted by atomic mass is 10.1. The van der Waals surface area contributed by atoms with Gasteiger partial charge in [0, 0.05) is 11.1 Å². The Morgan fingerprint density at radius 3 is 2.53 bits per heavy atom. The van der Waals surface area contributed by atoms with Gasteiger partial charge >= 0.3 is 0 Å². The highest BCUT2D eigenvalue weighted by molar-refractivity contribution is 5.98. The van der Waals surface area contributed by atoms with Crippen LogP contribution in [0.3, 0.4) is 0 Å². The quantitative estimate of drug-likeness (QED) is 0.768. The fraction of sp³-hybridized carbons (Fsp3) is 0.417. The van der Waals surface area contributed by atoms with E-state index in [4.69, 9.17) is 9.47 Å². The molecule has 4 nitrogen and oxygen atoms in total. The molecule has 17 heavy (non-hydrogen) atoms.